The van der Waals surface area contributed by atoms with Gasteiger partial charge in [-0.25, -0.2) is 4.79 Å². The molecular weight excluding hydrogens is 302 g/mol. The molecule has 0 aliphatic carbocycles. The number of amides is 1. The first-order valence-corrected chi connectivity index (χ1v) is 7.87. The summed E-state index contributed by atoms with van der Waals surface area (Å²) >= 11 is 0. The van der Waals surface area contributed by atoms with Gasteiger partial charge in [0.1, 0.15) is 0 Å². The first-order chi connectivity index (χ1) is 11.7. The van der Waals surface area contributed by atoms with E-state index in [1.807, 2.05) is 60.7 Å². The molecule has 0 spiro atoms. The fourth-order valence-electron chi connectivity index (χ4n) is 2.94. The van der Waals surface area contributed by atoms with Gasteiger partial charge in [0.15, 0.2) is 0 Å². The number of methoxy groups -OCH3 is 1. The molecule has 4 nitrogen and oxygen atoms in total. The van der Waals surface area contributed by atoms with Gasteiger partial charge < -0.3 is 9.64 Å². The Balaban J connectivity index is 1.93. The lowest BCUT2D eigenvalue weighted by Gasteiger charge is -2.30. The molecule has 2 aromatic rings. The highest BCUT2D eigenvalue weighted by Gasteiger charge is 2.32. The summed E-state index contributed by atoms with van der Waals surface area (Å²) in [6, 6.07) is 19.3. The third-order valence-corrected chi connectivity index (χ3v) is 4.19. The molecule has 1 unspecified atom stereocenters. The van der Waals surface area contributed by atoms with Crippen LogP contribution in [0.2, 0.25) is 0 Å². The molecule has 4 heteroatoms. The van der Waals surface area contributed by atoms with Crippen molar-refractivity contribution in [1.29, 1.82) is 0 Å². The van der Waals surface area contributed by atoms with Gasteiger partial charge in [-0.05, 0) is 11.1 Å². The molecule has 0 bridgehead atoms. The van der Waals surface area contributed by atoms with Crippen LogP contribution in [-0.2, 0) is 20.9 Å². The lowest BCUT2D eigenvalue weighted by molar-refractivity contribution is -0.137. The van der Waals surface area contributed by atoms with Crippen molar-refractivity contribution in [1.82, 2.24) is 4.90 Å². The van der Waals surface area contributed by atoms with Crippen molar-refractivity contribution in [2.75, 3.05) is 7.11 Å². The molecule has 0 saturated heterocycles. The second kappa shape index (κ2) is 7.13. The summed E-state index contributed by atoms with van der Waals surface area (Å²) in [6.07, 6.45) is 1.90. The predicted molar refractivity (Wildman–Crippen MR) is 90.9 cm³/mol. The van der Waals surface area contributed by atoms with Gasteiger partial charge in [-0.1, -0.05) is 60.7 Å². The number of hydrogen-bond donors (Lipinski definition) is 0. The summed E-state index contributed by atoms with van der Waals surface area (Å²) < 4.78 is 4.93. The van der Waals surface area contributed by atoms with Crippen LogP contribution in [0, 0.1) is 0 Å². The maximum atomic E-state index is 12.6. The minimum atomic E-state index is -0.394. The fourth-order valence-corrected chi connectivity index (χ4v) is 2.94. The SMILES string of the molecule is COC(=O)C1=CN(Cc2ccccc2)C(=O)CC1c1ccccc1. The Morgan fingerprint density at radius 3 is 2.33 bits per heavy atom. The third-order valence-electron chi connectivity index (χ3n) is 4.19. The van der Waals surface area contributed by atoms with Crippen LogP contribution in [0.25, 0.3) is 0 Å². The minimum absolute atomic E-state index is 0.000333. The number of rotatable bonds is 4. The molecule has 0 N–H and O–H groups in total. The summed E-state index contributed by atoms with van der Waals surface area (Å²) in [5, 5.41) is 0. The van der Waals surface area contributed by atoms with Gasteiger partial charge in [-0.3, -0.25) is 4.79 Å². The van der Waals surface area contributed by atoms with E-state index < -0.39 is 5.97 Å². The number of esters is 1. The van der Waals surface area contributed by atoms with Crippen molar-refractivity contribution in [3.63, 3.8) is 0 Å². The molecule has 24 heavy (non-hydrogen) atoms. The summed E-state index contributed by atoms with van der Waals surface area (Å²) in [6.45, 7) is 0.446. The van der Waals surface area contributed by atoms with Crippen LogP contribution in [0.3, 0.4) is 0 Å². The zero-order valence-electron chi connectivity index (χ0n) is 13.5. The van der Waals surface area contributed by atoms with Crippen molar-refractivity contribution in [3.8, 4) is 0 Å². The molecule has 0 radical (unpaired) electrons. The molecule has 1 atom stereocenters. The summed E-state index contributed by atoms with van der Waals surface area (Å²) in [5.74, 6) is -0.659. The molecule has 0 fully saturated rings. The second-order valence-corrected chi connectivity index (χ2v) is 5.75. The molecule has 3 rings (SSSR count). The Bertz CT molecular complexity index is 753. The zero-order chi connectivity index (χ0) is 16.9. The molecular formula is C20H19NO3. The minimum Gasteiger partial charge on any atom is -0.466 e. The van der Waals surface area contributed by atoms with Gasteiger partial charge in [-0.15, -0.1) is 0 Å². The average molecular weight is 321 g/mol. The highest BCUT2D eigenvalue weighted by Crippen LogP contribution is 2.33. The highest BCUT2D eigenvalue weighted by atomic mass is 16.5. The zero-order valence-corrected chi connectivity index (χ0v) is 13.5. The lowest BCUT2D eigenvalue weighted by atomic mass is 9.86. The van der Waals surface area contributed by atoms with E-state index in [2.05, 4.69) is 0 Å². The van der Waals surface area contributed by atoms with Gasteiger partial charge >= 0.3 is 5.97 Å². The Morgan fingerprint density at radius 2 is 1.71 bits per heavy atom. The Kier molecular flexibility index (Phi) is 4.75. The van der Waals surface area contributed by atoms with Crippen LogP contribution in [-0.4, -0.2) is 23.9 Å². The van der Waals surface area contributed by atoms with E-state index >= 15 is 0 Å². The standard InChI is InChI=1S/C20H19NO3/c1-24-20(23)18-14-21(13-15-8-4-2-5-9-15)19(22)12-17(18)16-10-6-3-7-11-16/h2-11,14,17H,12-13H2,1H3. The van der Waals surface area contributed by atoms with Crippen LogP contribution in [0.5, 0.6) is 0 Å². The monoisotopic (exact) mass is 321 g/mol. The molecule has 0 saturated carbocycles. The van der Waals surface area contributed by atoms with E-state index in [-0.39, 0.29) is 18.2 Å². The first-order valence-electron chi connectivity index (χ1n) is 7.87. The maximum absolute atomic E-state index is 12.6. The van der Waals surface area contributed by atoms with Crippen molar-refractivity contribution in [2.24, 2.45) is 0 Å². The van der Waals surface area contributed by atoms with Gasteiger partial charge in [-0.2, -0.15) is 0 Å². The van der Waals surface area contributed by atoms with E-state index in [9.17, 15) is 9.59 Å². The largest absolute Gasteiger partial charge is 0.466 e. The van der Waals surface area contributed by atoms with Crippen LogP contribution >= 0.6 is 0 Å². The van der Waals surface area contributed by atoms with Crippen molar-refractivity contribution >= 4 is 11.9 Å². The average Bonchev–Trinajstić information content (AvgIpc) is 2.64. The second-order valence-electron chi connectivity index (χ2n) is 5.75. The molecule has 0 aromatic heterocycles. The lowest BCUT2D eigenvalue weighted by Crippen LogP contribution is -2.34. The first kappa shape index (κ1) is 16.0. The Morgan fingerprint density at radius 1 is 1.08 bits per heavy atom. The molecule has 1 heterocycles. The molecule has 1 aliphatic heterocycles. The van der Waals surface area contributed by atoms with E-state index in [1.54, 1.807) is 11.1 Å². The normalized spacial score (nSPS) is 17.4. The topological polar surface area (TPSA) is 46.6 Å². The fraction of sp³-hybridized carbons (Fsp3) is 0.200. The maximum Gasteiger partial charge on any atom is 0.335 e. The van der Waals surface area contributed by atoms with Crippen LogP contribution in [0.15, 0.2) is 72.4 Å². The summed E-state index contributed by atoms with van der Waals surface area (Å²) in [4.78, 5) is 26.4. The smallest absolute Gasteiger partial charge is 0.335 e. The van der Waals surface area contributed by atoms with E-state index in [4.69, 9.17) is 4.74 Å². The van der Waals surface area contributed by atoms with Crippen LogP contribution < -0.4 is 0 Å². The van der Waals surface area contributed by atoms with E-state index in [0.29, 0.717) is 12.1 Å². The molecule has 1 amide bonds. The summed E-state index contributed by atoms with van der Waals surface area (Å²) in [7, 11) is 1.36. The molecule has 122 valence electrons. The van der Waals surface area contributed by atoms with Crippen LogP contribution in [0.4, 0.5) is 0 Å². The molecule has 1 aliphatic rings. The van der Waals surface area contributed by atoms with Gasteiger partial charge in [0.25, 0.3) is 0 Å². The highest BCUT2D eigenvalue weighted by molar-refractivity contribution is 5.94. The quantitative estimate of drug-likeness (QED) is 0.812. The van der Waals surface area contributed by atoms with Gasteiger partial charge in [0.2, 0.25) is 5.91 Å². The summed E-state index contributed by atoms with van der Waals surface area (Å²) in [5.41, 5.74) is 2.48. The number of hydrogen-bond acceptors (Lipinski definition) is 3. The van der Waals surface area contributed by atoms with E-state index in [1.165, 1.54) is 7.11 Å². The Hall–Kier alpha value is -2.88. The van der Waals surface area contributed by atoms with Crippen LogP contribution in [0.1, 0.15) is 23.5 Å². The number of carbonyl (C=O) groups excluding carboxylic acids is 2. The van der Waals surface area contributed by atoms with Crippen molar-refractivity contribution in [2.45, 2.75) is 18.9 Å². The number of ether oxygens (including phenoxy) is 1. The predicted octanol–water partition coefficient (Wildman–Crippen LogP) is 3.26. The van der Waals surface area contributed by atoms with Gasteiger partial charge in [0.05, 0.1) is 19.2 Å². The number of carbonyl (C=O) groups is 2. The number of benzene rings is 2. The third kappa shape index (κ3) is 3.38. The molecule has 2 aromatic carbocycles. The van der Waals surface area contributed by atoms with Crippen molar-refractivity contribution < 1.29 is 14.3 Å². The van der Waals surface area contributed by atoms with Gasteiger partial charge in [0, 0.05) is 18.5 Å². The van der Waals surface area contributed by atoms with Crippen molar-refractivity contribution in [3.05, 3.63) is 83.6 Å². The number of nitrogens with zero attached hydrogens (tertiary/aromatic N) is 1. The Labute approximate surface area is 141 Å². The van der Waals surface area contributed by atoms with E-state index in [0.717, 1.165) is 11.1 Å².